The van der Waals surface area contributed by atoms with Gasteiger partial charge in [0.2, 0.25) is 0 Å². The van der Waals surface area contributed by atoms with E-state index in [0.29, 0.717) is 0 Å². The number of benzene rings is 9. The Bertz CT molecular complexity index is 2850. The minimum atomic E-state index is -0.620. The molecule has 2 heteroatoms. The first kappa shape index (κ1) is 33.0. The van der Waals surface area contributed by atoms with E-state index in [1.807, 2.05) is 0 Å². The summed E-state index contributed by atoms with van der Waals surface area (Å²) in [6.07, 6.45) is 0. The Balaban J connectivity index is 1.24. The summed E-state index contributed by atoms with van der Waals surface area (Å²) in [7, 11) is 0. The van der Waals surface area contributed by atoms with Crippen LogP contribution in [0.4, 0.5) is 34.1 Å². The van der Waals surface area contributed by atoms with Crippen molar-refractivity contribution in [2.75, 3.05) is 9.80 Å². The van der Waals surface area contributed by atoms with Crippen molar-refractivity contribution in [3.05, 3.63) is 253 Å². The van der Waals surface area contributed by atoms with Gasteiger partial charge in [0.1, 0.15) is 0 Å². The lowest BCUT2D eigenvalue weighted by atomic mass is 9.64. The van der Waals surface area contributed by atoms with E-state index in [1.54, 1.807) is 0 Å². The van der Waals surface area contributed by atoms with Crippen molar-refractivity contribution in [3.8, 4) is 33.4 Å². The molecule has 0 atom stereocenters. The van der Waals surface area contributed by atoms with Crippen LogP contribution in [0, 0.1) is 0 Å². The first-order chi connectivity index (χ1) is 28.3. The van der Waals surface area contributed by atoms with Gasteiger partial charge in [-0.3, -0.25) is 0 Å². The second kappa shape index (κ2) is 13.4. The van der Waals surface area contributed by atoms with E-state index in [4.69, 9.17) is 0 Å². The maximum absolute atomic E-state index is 2.51. The van der Waals surface area contributed by atoms with Gasteiger partial charge in [0.25, 0.3) is 0 Å². The molecule has 268 valence electrons. The average Bonchev–Trinajstić information content (AvgIpc) is 3.59. The van der Waals surface area contributed by atoms with Crippen molar-refractivity contribution in [1.82, 2.24) is 0 Å². The van der Waals surface area contributed by atoms with Crippen LogP contribution in [-0.4, -0.2) is 0 Å². The highest BCUT2D eigenvalue weighted by Gasteiger charge is 2.53. The molecule has 0 bridgehead atoms. The number of fused-ring (bicyclic) bond motifs is 9. The van der Waals surface area contributed by atoms with Crippen LogP contribution in [0.3, 0.4) is 0 Å². The number of hydrogen-bond donors (Lipinski definition) is 0. The van der Waals surface area contributed by atoms with Gasteiger partial charge in [-0.1, -0.05) is 182 Å². The molecule has 57 heavy (non-hydrogen) atoms. The summed E-state index contributed by atoms with van der Waals surface area (Å²) in [5.41, 5.74) is 18.6. The first-order valence-electron chi connectivity index (χ1n) is 19.7. The fourth-order valence-corrected chi connectivity index (χ4v) is 9.56. The predicted octanol–water partition coefficient (Wildman–Crippen LogP) is 14.6. The smallest absolute Gasteiger partial charge is 0.0774 e. The molecule has 1 heterocycles. The fraction of sp³-hybridized carbons (Fsp3) is 0.0182. The molecule has 0 amide bonds. The quantitative estimate of drug-likeness (QED) is 0.168. The lowest BCUT2D eigenvalue weighted by molar-refractivity contribution is 0.752. The fourth-order valence-electron chi connectivity index (χ4n) is 9.56. The second-order valence-corrected chi connectivity index (χ2v) is 14.8. The van der Waals surface area contributed by atoms with E-state index < -0.39 is 5.41 Å². The monoisotopic (exact) mass is 726 g/mol. The van der Waals surface area contributed by atoms with Gasteiger partial charge in [-0.25, -0.2) is 0 Å². The van der Waals surface area contributed by atoms with Gasteiger partial charge < -0.3 is 9.80 Å². The molecule has 11 rings (SSSR count). The van der Waals surface area contributed by atoms with Crippen LogP contribution in [0.5, 0.6) is 0 Å². The molecule has 2 aliphatic rings. The van der Waals surface area contributed by atoms with Crippen LogP contribution in [0.25, 0.3) is 33.4 Å². The summed E-state index contributed by atoms with van der Waals surface area (Å²) in [5, 5.41) is 0. The Morgan fingerprint density at radius 2 is 0.789 bits per heavy atom. The Labute approximate surface area is 334 Å². The van der Waals surface area contributed by atoms with Crippen molar-refractivity contribution in [1.29, 1.82) is 0 Å². The molecular weight excluding hydrogens is 689 g/mol. The number of rotatable bonds is 6. The molecule has 1 spiro atoms. The van der Waals surface area contributed by atoms with Crippen molar-refractivity contribution < 1.29 is 0 Å². The molecule has 2 nitrogen and oxygen atoms in total. The van der Waals surface area contributed by atoms with Crippen molar-refractivity contribution in [2.24, 2.45) is 0 Å². The zero-order valence-electron chi connectivity index (χ0n) is 31.3. The Morgan fingerprint density at radius 3 is 1.46 bits per heavy atom. The highest BCUT2D eigenvalue weighted by Crippen LogP contribution is 2.65. The first-order valence-corrected chi connectivity index (χ1v) is 19.7. The number of hydrogen-bond acceptors (Lipinski definition) is 2. The summed E-state index contributed by atoms with van der Waals surface area (Å²) < 4.78 is 0. The molecule has 0 saturated heterocycles. The molecular formula is C55H38N2. The molecule has 0 saturated carbocycles. The van der Waals surface area contributed by atoms with E-state index in [0.717, 1.165) is 22.7 Å². The lowest BCUT2D eigenvalue weighted by Gasteiger charge is -2.46. The van der Waals surface area contributed by atoms with Gasteiger partial charge in [0.05, 0.1) is 28.2 Å². The summed E-state index contributed by atoms with van der Waals surface area (Å²) in [5.74, 6) is 0. The average molecular weight is 727 g/mol. The number of anilines is 6. The highest BCUT2D eigenvalue weighted by atomic mass is 15.2. The van der Waals surface area contributed by atoms with Gasteiger partial charge in [0.15, 0.2) is 0 Å². The van der Waals surface area contributed by atoms with Gasteiger partial charge in [0, 0.05) is 22.5 Å². The SMILES string of the molecule is c1ccc(-c2ccc(N(c3ccccc3-c3ccccc3)c3cccc4c3C3(c5ccccc5-4)c4ccccc4N(c4ccccc4)c4ccccc43)cc2)cc1. The van der Waals surface area contributed by atoms with Crippen LogP contribution < -0.4 is 9.80 Å². The third-order valence-electron chi connectivity index (χ3n) is 11.9. The summed E-state index contributed by atoms with van der Waals surface area (Å²) in [4.78, 5) is 4.96. The van der Waals surface area contributed by atoms with E-state index in [2.05, 4.69) is 240 Å². The third kappa shape index (κ3) is 5.04. The Morgan fingerprint density at radius 1 is 0.316 bits per heavy atom. The molecule has 0 unspecified atom stereocenters. The zero-order valence-corrected chi connectivity index (χ0v) is 31.3. The van der Waals surface area contributed by atoms with Crippen LogP contribution in [0.15, 0.2) is 231 Å². The van der Waals surface area contributed by atoms with E-state index in [-0.39, 0.29) is 0 Å². The van der Waals surface area contributed by atoms with Crippen LogP contribution in [-0.2, 0) is 5.41 Å². The molecule has 9 aromatic carbocycles. The topological polar surface area (TPSA) is 6.48 Å². The Hall–Kier alpha value is -7.42. The minimum Gasteiger partial charge on any atom is -0.310 e. The number of para-hydroxylation sites is 4. The molecule has 9 aromatic rings. The predicted molar refractivity (Wildman–Crippen MR) is 238 cm³/mol. The molecule has 1 aliphatic heterocycles. The standard InChI is InChI=1S/C55H38N2/c1-4-19-39(20-5-1)40-35-37-43(38-36-40)56(50-31-15-11-25-44(50)41-21-6-2-7-22-41)53-34-18-27-46-45-26-10-12-28-47(45)55(54(46)53)48-29-13-16-32-51(48)57(42-23-8-3-9-24-42)52-33-17-14-30-49(52)55/h1-38H. The molecule has 0 N–H and O–H groups in total. The lowest BCUT2D eigenvalue weighted by Crippen LogP contribution is -2.37. The van der Waals surface area contributed by atoms with E-state index >= 15 is 0 Å². The van der Waals surface area contributed by atoms with Crippen molar-refractivity contribution in [2.45, 2.75) is 5.41 Å². The van der Waals surface area contributed by atoms with Crippen LogP contribution in [0.1, 0.15) is 22.3 Å². The number of nitrogens with zero attached hydrogens (tertiary/aromatic N) is 2. The molecule has 0 fully saturated rings. The van der Waals surface area contributed by atoms with Crippen molar-refractivity contribution >= 4 is 34.1 Å². The summed E-state index contributed by atoms with van der Waals surface area (Å²) in [6.45, 7) is 0. The Kier molecular flexibility index (Phi) is 7.75. The molecule has 1 aliphatic carbocycles. The maximum atomic E-state index is 2.51. The molecule has 0 aromatic heterocycles. The van der Waals surface area contributed by atoms with Crippen LogP contribution >= 0.6 is 0 Å². The van der Waals surface area contributed by atoms with Gasteiger partial charge in [-0.15, -0.1) is 0 Å². The van der Waals surface area contributed by atoms with E-state index in [9.17, 15) is 0 Å². The zero-order chi connectivity index (χ0) is 37.8. The summed E-state index contributed by atoms with van der Waals surface area (Å²) in [6, 6.07) is 84.3. The maximum Gasteiger partial charge on any atom is 0.0774 e. The second-order valence-electron chi connectivity index (χ2n) is 14.8. The largest absolute Gasteiger partial charge is 0.310 e. The van der Waals surface area contributed by atoms with Crippen LogP contribution in [0.2, 0.25) is 0 Å². The van der Waals surface area contributed by atoms with Crippen molar-refractivity contribution in [3.63, 3.8) is 0 Å². The minimum absolute atomic E-state index is 0.620. The molecule has 0 radical (unpaired) electrons. The third-order valence-corrected chi connectivity index (χ3v) is 11.9. The van der Waals surface area contributed by atoms with Gasteiger partial charge in [-0.05, 0) is 93.0 Å². The summed E-state index contributed by atoms with van der Waals surface area (Å²) >= 11 is 0. The van der Waals surface area contributed by atoms with Gasteiger partial charge >= 0.3 is 0 Å². The van der Waals surface area contributed by atoms with E-state index in [1.165, 1.54) is 67.0 Å². The normalized spacial score (nSPS) is 13.0. The highest BCUT2D eigenvalue weighted by molar-refractivity contribution is 6.01. The van der Waals surface area contributed by atoms with Gasteiger partial charge in [-0.2, -0.15) is 0 Å².